The number of pyridine rings is 1. The van der Waals surface area contributed by atoms with E-state index in [0.29, 0.717) is 0 Å². The number of aromatic nitrogens is 4. The number of halogens is 3. The first kappa shape index (κ1) is 19.0. The minimum absolute atomic E-state index is 0.0106. The largest absolute Gasteiger partial charge is 0.452 e. The molecule has 1 amide bonds. The molecular formula is C17H12F3N5O3. The molecule has 0 saturated heterocycles. The average Bonchev–Trinajstić information content (AvgIpc) is 3.20. The highest BCUT2D eigenvalue weighted by Gasteiger charge is 2.33. The van der Waals surface area contributed by atoms with Crippen molar-refractivity contribution >= 4 is 17.6 Å². The van der Waals surface area contributed by atoms with Gasteiger partial charge in [0.1, 0.15) is 18.2 Å². The molecule has 1 aromatic carbocycles. The molecule has 0 aliphatic rings. The first-order valence-electron chi connectivity index (χ1n) is 7.79. The summed E-state index contributed by atoms with van der Waals surface area (Å²) in [6, 6.07) is 7.37. The van der Waals surface area contributed by atoms with E-state index in [1.165, 1.54) is 47.8 Å². The standard InChI is InChI=1S/C17H12F3N5O3/c18-17(19,20)12-5-1-2-6-13(12)24-14(26)8-28-16(27)11-4-3-7-22-15(11)25-10-21-9-23-25/h1-7,9-10H,8H2,(H,24,26). The number of benzene rings is 1. The van der Waals surface area contributed by atoms with Gasteiger partial charge in [-0.1, -0.05) is 12.1 Å². The molecule has 2 aromatic heterocycles. The van der Waals surface area contributed by atoms with Gasteiger partial charge in [-0.25, -0.2) is 19.4 Å². The summed E-state index contributed by atoms with van der Waals surface area (Å²) in [5.74, 6) is -1.68. The quantitative estimate of drug-likeness (QED) is 0.671. The SMILES string of the molecule is O=C(COC(=O)c1cccnc1-n1cncn1)Nc1ccccc1C(F)(F)F. The Morgan fingerprint density at radius 1 is 1.14 bits per heavy atom. The Bertz CT molecular complexity index is 990. The predicted octanol–water partition coefficient (Wildman–Crippen LogP) is 2.48. The van der Waals surface area contributed by atoms with E-state index >= 15 is 0 Å². The van der Waals surface area contributed by atoms with Crippen LogP contribution in [0.1, 0.15) is 15.9 Å². The molecule has 2 heterocycles. The van der Waals surface area contributed by atoms with Crippen LogP contribution < -0.4 is 5.32 Å². The maximum absolute atomic E-state index is 13.0. The number of hydrogen-bond donors (Lipinski definition) is 1. The number of carbonyl (C=O) groups excluding carboxylic acids is 2. The minimum atomic E-state index is -4.64. The highest BCUT2D eigenvalue weighted by molar-refractivity contribution is 5.97. The molecule has 0 spiro atoms. The van der Waals surface area contributed by atoms with Gasteiger partial charge in [0, 0.05) is 6.20 Å². The fourth-order valence-electron chi connectivity index (χ4n) is 2.29. The maximum atomic E-state index is 13.0. The number of esters is 1. The van der Waals surface area contributed by atoms with Gasteiger partial charge in [-0.05, 0) is 24.3 Å². The third kappa shape index (κ3) is 4.31. The predicted molar refractivity (Wildman–Crippen MR) is 89.5 cm³/mol. The van der Waals surface area contributed by atoms with Crippen molar-refractivity contribution in [3.63, 3.8) is 0 Å². The van der Waals surface area contributed by atoms with Crippen molar-refractivity contribution in [2.45, 2.75) is 6.18 Å². The zero-order chi connectivity index (χ0) is 20.1. The van der Waals surface area contributed by atoms with Crippen LogP contribution in [-0.2, 0) is 15.7 Å². The Morgan fingerprint density at radius 2 is 1.93 bits per heavy atom. The Balaban J connectivity index is 1.68. The van der Waals surface area contributed by atoms with Crippen molar-refractivity contribution in [3.05, 3.63) is 66.4 Å². The molecule has 0 fully saturated rings. The molecule has 3 aromatic rings. The number of hydrogen-bond acceptors (Lipinski definition) is 6. The second kappa shape index (κ2) is 7.86. The number of rotatable bonds is 5. The smallest absolute Gasteiger partial charge is 0.418 e. The van der Waals surface area contributed by atoms with Crippen LogP contribution in [0, 0.1) is 0 Å². The van der Waals surface area contributed by atoms with Gasteiger partial charge in [0.25, 0.3) is 5.91 Å². The van der Waals surface area contributed by atoms with Crippen LogP contribution in [0.25, 0.3) is 5.82 Å². The zero-order valence-corrected chi connectivity index (χ0v) is 14.1. The number of anilines is 1. The van der Waals surface area contributed by atoms with Crippen LogP contribution in [0.2, 0.25) is 0 Å². The molecule has 0 radical (unpaired) electrons. The molecule has 1 N–H and O–H groups in total. The molecule has 0 atom stereocenters. The average molecular weight is 391 g/mol. The van der Waals surface area contributed by atoms with Crippen LogP contribution >= 0.6 is 0 Å². The van der Waals surface area contributed by atoms with Gasteiger partial charge >= 0.3 is 12.1 Å². The van der Waals surface area contributed by atoms with E-state index in [2.05, 4.69) is 20.4 Å². The molecule has 0 saturated carbocycles. The molecule has 144 valence electrons. The first-order chi connectivity index (χ1) is 13.4. The van der Waals surface area contributed by atoms with E-state index in [9.17, 15) is 22.8 Å². The third-order valence-corrected chi connectivity index (χ3v) is 3.48. The van der Waals surface area contributed by atoms with E-state index < -0.39 is 35.9 Å². The Kier molecular flexibility index (Phi) is 5.34. The minimum Gasteiger partial charge on any atom is -0.452 e. The Labute approximate surface area is 156 Å². The molecule has 3 rings (SSSR count). The number of para-hydroxylation sites is 1. The highest BCUT2D eigenvalue weighted by Crippen LogP contribution is 2.34. The van der Waals surface area contributed by atoms with Gasteiger partial charge < -0.3 is 10.1 Å². The molecule has 8 nitrogen and oxygen atoms in total. The van der Waals surface area contributed by atoms with Gasteiger partial charge in [0.2, 0.25) is 0 Å². The lowest BCUT2D eigenvalue weighted by molar-refractivity contribution is -0.137. The van der Waals surface area contributed by atoms with Crippen molar-refractivity contribution in [2.75, 3.05) is 11.9 Å². The van der Waals surface area contributed by atoms with Gasteiger partial charge in [-0.3, -0.25) is 4.79 Å². The van der Waals surface area contributed by atoms with E-state index in [-0.39, 0.29) is 11.4 Å². The topological polar surface area (TPSA) is 99.0 Å². The zero-order valence-electron chi connectivity index (χ0n) is 14.1. The summed E-state index contributed by atoms with van der Waals surface area (Å²) in [7, 11) is 0. The second-order valence-corrected chi connectivity index (χ2v) is 5.38. The number of nitrogens with zero attached hydrogens (tertiary/aromatic N) is 4. The summed E-state index contributed by atoms with van der Waals surface area (Å²) in [6.45, 7) is -0.781. The number of amides is 1. The molecule has 0 aliphatic carbocycles. The van der Waals surface area contributed by atoms with Crippen LogP contribution in [0.15, 0.2) is 55.2 Å². The Hall–Kier alpha value is -3.76. The number of carbonyl (C=O) groups is 2. The number of ether oxygens (including phenoxy) is 1. The van der Waals surface area contributed by atoms with Gasteiger partial charge in [0.05, 0.1) is 11.3 Å². The summed E-state index contributed by atoms with van der Waals surface area (Å²) in [5, 5.41) is 5.95. The van der Waals surface area contributed by atoms with Gasteiger partial charge in [-0.2, -0.15) is 18.3 Å². The summed E-state index contributed by atoms with van der Waals surface area (Å²) >= 11 is 0. The first-order valence-corrected chi connectivity index (χ1v) is 7.79. The van der Waals surface area contributed by atoms with Crippen LogP contribution in [0.4, 0.5) is 18.9 Å². The molecule has 0 unspecified atom stereocenters. The monoisotopic (exact) mass is 391 g/mol. The van der Waals surface area contributed by atoms with Crippen molar-refractivity contribution in [1.29, 1.82) is 0 Å². The maximum Gasteiger partial charge on any atom is 0.418 e. The van der Waals surface area contributed by atoms with Gasteiger partial charge in [-0.15, -0.1) is 0 Å². The molecular weight excluding hydrogens is 379 g/mol. The van der Waals surface area contributed by atoms with E-state index in [4.69, 9.17) is 4.74 Å². The lowest BCUT2D eigenvalue weighted by Gasteiger charge is -2.13. The highest BCUT2D eigenvalue weighted by atomic mass is 19.4. The van der Waals surface area contributed by atoms with E-state index in [1.807, 2.05) is 0 Å². The molecule has 28 heavy (non-hydrogen) atoms. The van der Waals surface area contributed by atoms with Crippen LogP contribution in [0.5, 0.6) is 0 Å². The third-order valence-electron chi connectivity index (χ3n) is 3.48. The van der Waals surface area contributed by atoms with E-state index in [0.717, 1.165) is 12.1 Å². The van der Waals surface area contributed by atoms with Crippen LogP contribution in [-0.4, -0.2) is 38.2 Å². The Morgan fingerprint density at radius 3 is 2.64 bits per heavy atom. The van der Waals surface area contributed by atoms with Crippen molar-refractivity contribution < 1.29 is 27.5 Å². The lowest BCUT2D eigenvalue weighted by atomic mass is 10.1. The van der Waals surface area contributed by atoms with Crippen molar-refractivity contribution in [3.8, 4) is 5.82 Å². The normalized spacial score (nSPS) is 11.1. The summed E-state index contributed by atoms with van der Waals surface area (Å²) in [4.78, 5) is 32.0. The number of nitrogens with one attached hydrogen (secondary N) is 1. The van der Waals surface area contributed by atoms with E-state index in [1.54, 1.807) is 0 Å². The van der Waals surface area contributed by atoms with Crippen molar-refractivity contribution in [2.24, 2.45) is 0 Å². The molecule has 0 aliphatic heterocycles. The fraction of sp³-hybridized carbons (Fsp3) is 0.118. The summed E-state index contributed by atoms with van der Waals surface area (Å²) in [6.07, 6.45) is -0.646. The number of alkyl halides is 3. The van der Waals surface area contributed by atoms with Gasteiger partial charge in [0.15, 0.2) is 12.4 Å². The molecule has 0 bridgehead atoms. The summed E-state index contributed by atoms with van der Waals surface area (Å²) < 4.78 is 45.0. The van der Waals surface area contributed by atoms with Crippen molar-refractivity contribution in [1.82, 2.24) is 19.7 Å². The molecule has 11 heteroatoms. The lowest BCUT2D eigenvalue weighted by Crippen LogP contribution is -2.23. The second-order valence-electron chi connectivity index (χ2n) is 5.38. The fourth-order valence-corrected chi connectivity index (χ4v) is 2.29. The summed E-state index contributed by atoms with van der Waals surface area (Å²) in [5.41, 5.74) is -1.42. The van der Waals surface area contributed by atoms with Crippen LogP contribution in [0.3, 0.4) is 0 Å².